The number of aromatic nitrogens is 2. The third-order valence-corrected chi connectivity index (χ3v) is 10.1. The van der Waals surface area contributed by atoms with Gasteiger partial charge in [0.25, 0.3) is 11.8 Å². The van der Waals surface area contributed by atoms with E-state index in [1.54, 1.807) is 12.1 Å². The first-order valence-corrected chi connectivity index (χ1v) is 19.1. The summed E-state index contributed by atoms with van der Waals surface area (Å²) in [6.45, 7) is 2.05. The van der Waals surface area contributed by atoms with E-state index >= 15 is 0 Å². The summed E-state index contributed by atoms with van der Waals surface area (Å²) in [6, 6.07) is 34.5. The van der Waals surface area contributed by atoms with Crippen LogP contribution in [-0.2, 0) is 0 Å². The Hall–Kier alpha value is -5.54. The average molecular weight is 881 g/mol. The van der Waals surface area contributed by atoms with Gasteiger partial charge in [0.15, 0.2) is 10.2 Å². The van der Waals surface area contributed by atoms with Crippen molar-refractivity contribution >= 4 is 112 Å². The number of hydrazine groups is 2. The number of H-pyrrole nitrogens is 2. The topological polar surface area (TPSA) is 138 Å². The molecule has 7 rings (SSSR count). The number of hydrogen-bond acceptors (Lipinski definition) is 4. The number of fused-ring (bicyclic) bond motifs is 2. The minimum atomic E-state index is -0.350. The quantitative estimate of drug-likeness (QED) is 0.0588. The molecule has 0 unspecified atom stereocenters. The number of thiocarbonyl (C=S) groups is 2. The molecule has 0 atom stereocenters. The Kier molecular flexibility index (Phi) is 11.1. The van der Waals surface area contributed by atoms with E-state index in [2.05, 4.69) is 98.4 Å². The minimum Gasteiger partial charge on any atom is -0.361 e. The molecule has 14 heteroatoms. The lowest BCUT2D eigenvalue weighted by Crippen LogP contribution is -2.43. The third-order valence-electron chi connectivity index (χ3n) is 8.73. The van der Waals surface area contributed by atoms with Crippen molar-refractivity contribution in [1.82, 2.24) is 31.7 Å². The number of carbonyl (C=O) groups is 2. The van der Waals surface area contributed by atoms with Gasteiger partial charge in [0, 0.05) is 71.6 Å². The molecule has 54 heavy (non-hydrogen) atoms. The molecule has 2 heterocycles. The molecule has 0 aliphatic rings. The monoisotopic (exact) mass is 878 g/mol. The van der Waals surface area contributed by atoms with Crippen molar-refractivity contribution in [2.45, 2.75) is 12.8 Å². The van der Waals surface area contributed by atoms with Gasteiger partial charge in [0.2, 0.25) is 0 Å². The Balaban J connectivity index is 1.15. The fourth-order valence-corrected chi connectivity index (χ4v) is 7.29. The highest BCUT2D eigenvalue weighted by atomic mass is 79.9. The first-order chi connectivity index (χ1) is 26.1. The summed E-state index contributed by atoms with van der Waals surface area (Å²) in [7, 11) is 0. The molecule has 10 nitrogen and oxygen atoms in total. The minimum absolute atomic E-state index is 0.243. The molecule has 0 aliphatic carbocycles. The number of aromatic amines is 2. The van der Waals surface area contributed by atoms with Gasteiger partial charge in [-0.3, -0.25) is 31.3 Å². The summed E-state index contributed by atoms with van der Waals surface area (Å²) in [6.07, 6.45) is 3.95. The van der Waals surface area contributed by atoms with E-state index in [9.17, 15) is 9.59 Å². The van der Waals surface area contributed by atoms with Gasteiger partial charge in [0.05, 0.1) is 0 Å². The predicted molar refractivity (Wildman–Crippen MR) is 231 cm³/mol. The molecule has 0 spiro atoms. The lowest BCUT2D eigenvalue weighted by Gasteiger charge is -2.18. The van der Waals surface area contributed by atoms with Crippen molar-refractivity contribution in [3.63, 3.8) is 0 Å². The van der Waals surface area contributed by atoms with Gasteiger partial charge in [-0.25, -0.2) is 0 Å². The number of amides is 2. The second-order valence-electron chi connectivity index (χ2n) is 12.4. The van der Waals surface area contributed by atoms with Crippen molar-refractivity contribution < 1.29 is 9.59 Å². The van der Waals surface area contributed by atoms with E-state index in [0.717, 1.165) is 64.4 Å². The fraction of sp³-hybridized carbons (Fsp3) is 0.0500. The maximum atomic E-state index is 13.4. The smallest absolute Gasteiger partial charge is 0.269 e. The molecule has 7 aromatic rings. The van der Waals surface area contributed by atoms with Crippen LogP contribution >= 0.6 is 56.3 Å². The number of nitrogens with one attached hydrogen (secondary N) is 8. The Bertz CT molecular complexity index is 2400. The zero-order chi connectivity index (χ0) is 37.8. The molecule has 2 amide bonds. The van der Waals surface area contributed by atoms with Crippen LogP contribution in [0, 0.1) is 6.92 Å². The standard InChI is InChI=1S/C40H32Br2N8O2S2/c1-22-8-10-23(11-9-22)36(32-20-43-34-14-12-24(16-30(32)34)37(51)47-49-39(53)45-28-6-2-4-26(41)18-28)33-21-44-35-15-13-25(17-31(33)35)38(52)48-50-40(54)46-29-7-3-5-27(42)19-29/h2-21,36,43-44H,1H3,(H,47,51)(H,48,52)(H2,45,49,53)(H2,46,50,54). The van der Waals surface area contributed by atoms with Crippen LogP contribution in [0.5, 0.6) is 0 Å². The normalized spacial score (nSPS) is 11.0. The molecule has 0 saturated heterocycles. The van der Waals surface area contributed by atoms with Crippen molar-refractivity contribution in [2.24, 2.45) is 0 Å². The summed E-state index contributed by atoms with van der Waals surface area (Å²) < 4.78 is 1.80. The van der Waals surface area contributed by atoms with E-state index in [1.165, 1.54) is 0 Å². The summed E-state index contributed by atoms with van der Waals surface area (Å²) in [5.41, 5.74) is 19.3. The predicted octanol–water partition coefficient (Wildman–Crippen LogP) is 8.93. The largest absolute Gasteiger partial charge is 0.361 e. The molecule has 0 radical (unpaired) electrons. The van der Waals surface area contributed by atoms with E-state index in [-0.39, 0.29) is 28.0 Å². The Morgan fingerprint density at radius 2 is 1.06 bits per heavy atom. The number of aryl methyl sites for hydroxylation is 1. The van der Waals surface area contributed by atoms with Crippen LogP contribution in [0.3, 0.4) is 0 Å². The van der Waals surface area contributed by atoms with Crippen LogP contribution < -0.4 is 32.3 Å². The van der Waals surface area contributed by atoms with E-state index in [1.807, 2.05) is 92.1 Å². The van der Waals surface area contributed by atoms with Crippen LogP contribution in [-0.4, -0.2) is 32.0 Å². The molecular formula is C40H32Br2N8O2S2. The highest BCUT2D eigenvalue weighted by Gasteiger charge is 2.25. The second kappa shape index (κ2) is 16.2. The molecular weight excluding hydrogens is 848 g/mol. The molecule has 0 bridgehead atoms. The van der Waals surface area contributed by atoms with Gasteiger partial charge in [0.1, 0.15) is 0 Å². The highest BCUT2D eigenvalue weighted by Crippen LogP contribution is 2.40. The van der Waals surface area contributed by atoms with Crippen LogP contribution in [0.2, 0.25) is 0 Å². The fourth-order valence-electron chi connectivity index (χ4n) is 6.16. The Labute approximate surface area is 338 Å². The summed E-state index contributed by atoms with van der Waals surface area (Å²) in [4.78, 5) is 33.5. The number of anilines is 2. The van der Waals surface area contributed by atoms with Gasteiger partial charge < -0.3 is 20.6 Å². The van der Waals surface area contributed by atoms with E-state index in [0.29, 0.717) is 11.1 Å². The number of hydrogen-bond donors (Lipinski definition) is 8. The molecule has 0 saturated carbocycles. The lowest BCUT2D eigenvalue weighted by atomic mass is 9.84. The first kappa shape index (κ1) is 36.8. The van der Waals surface area contributed by atoms with E-state index in [4.69, 9.17) is 24.4 Å². The second-order valence-corrected chi connectivity index (χ2v) is 15.1. The van der Waals surface area contributed by atoms with Crippen LogP contribution in [0.4, 0.5) is 11.4 Å². The molecule has 5 aromatic carbocycles. The third kappa shape index (κ3) is 8.47. The van der Waals surface area contributed by atoms with Gasteiger partial charge in [-0.15, -0.1) is 0 Å². The Morgan fingerprint density at radius 1 is 0.593 bits per heavy atom. The molecule has 2 aromatic heterocycles. The van der Waals surface area contributed by atoms with Crippen LogP contribution in [0.1, 0.15) is 48.9 Å². The number of halogens is 2. The van der Waals surface area contributed by atoms with Gasteiger partial charge >= 0.3 is 0 Å². The lowest BCUT2D eigenvalue weighted by molar-refractivity contribution is 0.0936. The highest BCUT2D eigenvalue weighted by molar-refractivity contribution is 9.10. The van der Waals surface area contributed by atoms with Crippen molar-refractivity contribution in [1.29, 1.82) is 0 Å². The SMILES string of the molecule is Cc1ccc(C(c2c[nH]c3ccc(C(=O)NNC(=S)Nc4cccc(Br)c4)cc23)c2c[nH]c3ccc(C(=O)NNC(=S)Nc4cccc(Br)c4)cc23)cc1. The zero-order valence-corrected chi connectivity index (χ0v) is 33.3. The first-order valence-electron chi connectivity index (χ1n) is 16.7. The van der Waals surface area contributed by atoms with Crippen LogP contribution in [0.25, 0.3) is 21.8 Å². The molecule has 8 N–H and O–H groups in total. The summed E-state index contributed by atoms with van der Waals surface area (Å²) >= 11 is 17.7. The van der Waals surface area contributed by atoms with Gasteiger partial charge in [-0.05, 0) is 121 Å². The summed E-state index contributed by atoms with van der Waals surface area (Å²) in [5.74, 6) is -0.959. The average Bonchev–Trinajstić information content (AvgIpc) is 3.78. The number of benzene rings is 5. The molecule has 0 fully saturated rings. The molecule has 270 valence electrons. The maximum absolute atomic E-state index is 13.4. The maximum Gasteiger partial charge on any atom is 0.269 e. The van der Waals surface area contributed by atoms with Gasteiger partial charge in [-0.2, -0.15) is 0 Å². The number of carbonyl (C=O) groups excluding carboxylic acids is 2. The van der Waals surface area contributed by atoms with E-state index < -0.39 is 0 Å². The van der Waals surface area contributed by atoms with Crippen molar-refractivity contribution in [3.05, 3.63) is 164 Å². The van der Waals surface area contributed by atoms with Crippen molar-refractivity contribution in [2.75, 3.05) is 10.6 Å². The van der Waals surface area contributed by atoms with Crippen molar-refractivity contribution in [3.8, 4) is 0 Å². The van der Waals surface area contributed by atoms with Crippen LogP contribution in [0.15, 0.2) is 131 Å². The summed E-state index contributed by atoms with van der Waals surface area (Å²) in [5, 5.41) is 8.35. The zero-order valence-electron chi connectivity index (χ0n) is 28.5. The molecule has 0 aliphatic heterocycles. The van der Waals surface area contributed by atoms with Gasteiger partial charge in [-0.1, -0.05) is 73.8 Å². The number of rotatable bonds is 7. The Morgan fingerprint density at radius 3 is 1.50 bits per heavy atom.